The fourth-order valence-corrected chi connectivity index (χ4v) is 2.06. The number of rotatable bonds is 5. The van der Waals surface area contributed by atoms with Gasteiger partial charge in [0.1, 0.15) is 6.10 Å². The van der Waals surface area contributed by atoms with Crippen molar-refractivity contribution >= 4 is 5.69 Å². The third kappa shape index (κ3) is 4.07. The number of alkyl halides is 3. The number of aliphatic hydroxyl groups is 1. The second kappa shape index (κ2) is 6.37. The number of H-pyrrole nitrogens is 1. The van der Waals surface area contributed by atoms with E-state index in [2.05, 4.69) is 10.2 Å². The second-order valence-corrected chi connectivity index (χ2v) is 5.13. The molecule has 0 fully saturated rings. The van der Waals surface area contributed by atoms with Gasteiger partial charge in [0.25, 0.3) is 5.69 Å². The highest BCUT2D eigenvalue weighted by molar-refractivity contribution is 5.64. The van der Waals surface area contributed by atoms with Gasteiger partial charge in [0, 0.05) is 22.9 Å². The summed E-state index contributed by atoms with van der Waals surface area (Å²) in [6.45, 7) is 1.61. The summed E-state index contributed by atoms with van der Waals surface area (Å²) < 4.78 is 36.7. The first-order valence-corrected chi connectivity index (χ1v) is 6.73. The molecule has 1 atom stereocenters. The summed E-state index contributed by atoms with van der Waals surface area (Å²) in [6, 6.07) is 6.10. The maximum atomic E-state index is 12.2. The maximum Gasteiger partial charge on any atom is 0.414 e. The summed E-state index contributed by atoms with van der Waals surface area (Å²) in [6.07, 6.45) is -7.57. The van der Waals surface area contributed by atoms with Crippen molar-refractivity contribution in [2.75, 3.05) is 0 Å². The Bertz CT molecular complexity index is 713. The number of hydrogen-bond donors (Lipinski definition) is 2. The van der Waals surface area contributed by atoms with Crippen LogP contribution in [0.5, 0.6) is 0 Å². The number of hydrogen-bond acceptors (Lipinski definition) is 4. The van der Waals surface area contributed by atoms with Gasteiger partial charge in [-0.05, 0) is 25.8 Å². The molecule has 2 rings (SSSR count). The van der Waals surface area contributed by atoms with Crippen LogP contribution in [-0.4, -0.2) is 32.5 Å². The minimum Gasteiger partial charge on any atom is -0.384 e. The third-order valence-electron chi connectivity index (χ3n) is 3.40. The third-order valence-corrected chi connectivity index (χ3v) is 3.40. The number of aryl methyl sites for hydroxylation is 2. The Morgan fingerprint density at radius 1 is 1.39 bits per heavy atom. The van der Waals surface area contributed by atoms with Gasteiger partial charge in [-0.3, -0.25) is 15.2 Å². The summed E-state index contributed by atoms with van der Waals surface area (Å²) in [5.74, 6) is 0. The first-order chi connectivity index (χ1) is 10.7. The van der Waals surface area contributed by atoms with E-state index < -0.39 is 23.6 Å². The van der Waals surface area contributed by atoms with Crippen molar-refractivity contribution in [2.45, 2.75) is 32.0 Å². The molecule has 1 aromatic heterocycles. The zero-order chi connectivity index (χ0) is 17.2. The lowest BCUT2D eigenvalue weighted by atomic mass is 10.1. The molecule has 9 heteroatoms. The quantitative estimate of drug-likeness (QED) is 0.651. The predicted molar refractivity (Wildman–Crippen MR) is 75.8 cm³/mol. The molecule has 1 heterocycles. The fourth-order valence-electron chi connectivity index (χ4n) is 2.06. The van der Waals surface area contributed by atoms with Gasteiger partial charge in [0.15, 0.2) is 0 Å². The Kier molecular flexibility index (Phi) is 4.69. The molecule has 6 nitrogen and oxygen atoms in total. The Morgan fingerprint density at radius 3 is 2.70 bits per heavy atom. The molecule has 0 radical (unpaired) electrons. The highest BCUT2D eigenvalue weighted by Crippen LogP contribution is 2.27. The van der Waals surface area contributed by atoms with Crippen LogP contribution in [0.1, 0.15) is 17.7 Å². The number of halogens is 3. The van der Waals surface area contributed by atoms with Gasteiger partial charge in [-0.15, -0.1) is 0 Å². The van der Waals surface area contributed by atoms with Crippen molar-refractivity contribution in [1.29, 1.82) is 0 Å². The molecule has 23 heavy (non-hydrogen) atoms. The molecule has 0 aliphatic rings. The lowest BCUT2D eigenvalue weighted by Crippen LogP contribution is -2.28. The molecule has 1 aromatic carbocycles. The van der Waals surface area contributed by atoms with Crippen molar-refractivity contribution in [3.63, 3.8) is 0 Å². The molecule has 2 N–H and O–H groups in total. The highest BCUT2D eigenvalue weighted by Gasteiger charge is 2.37. The fraction of sp³-hybridized carbons (Fsp3) is 0.357. The minimum absolute atomic E-state index is 0.0400. The normalized spacial score (nSPS) is 13.1. The molecule has 0 spiro atoms. The van der Waals surface area contributed by atoms with E-state index in [0.29, 0.717) is 22.5 Å². The molecule has 2 aromatic rings. The molecule has 0 saturated carbocycles. The van der Waals surface area contributed by atoms with Crippen molar-refractivity contribution in [3.05, 3.63) is 45.6 Å². The van der Waals surface area contributed by atoms with Gasteiger partial charge in [0.2, 0.25) is 0 Å². The number of nitrogens with one attached hydrogen (secondary N) is 1. The first kappa shape index (κ1) is 16.9. The Morgan fingerprint density at radius 2 is 2.09 bits per heavy atom. The maximum absolute atomic E-state index is 12.2. The minimum atomic E-state index is -4.65. The average molecular weight is 329 g/mol. The lowest BCUT2D eigenvalue weighted by molar-refractivity contribution is -0.385. The molecule has 1 unspecified atom stereocenters. The van der Waals surface area contributed by atoms with E-state index in [1.54, 1.807) is 19.1 Å². The Balaban J connectivity index is 2.13. The van der Waals surface area contributed by atoms with Crippen LogP contribution in [0.3, 0.4) is 0 Å². The van der Waals surface area contributed by atoms with Crippen molar-refractivity contribution < 1.29 is 23.2 Å². The van der Waals surface area contributed by atoms with E-state index in [-0.39, 0.29) is 12.1 Å². The van der Waals surface area contributed by atoms with Crippen LogP contribution in [0.15, 0.2) is 24.3 Å². The Labute approximate surface area is 129 Å². The number of nitro groups is 1. The highest BCUT2D eigenvalue weighted by atomic mass is 19.4. The smallest absolute Gasteiger partial charge is 0.384 e. The van der Waals surface area contributed by atoms with E-state index in [4.69, 9.17) is 5.11 Å². The van der Waals surface area contributed by atoms with Gasteiger partial charge in [-0.1, -0.05) is 12.1 Å². The standard InChI is InChI=1S/C14H14F3N3O3/c1-8-2-3-9(6-12(8)20(22)23)11-7-10(18-19-11)4-5-13(21)14(15,16)17/h2-3,6-7,13,21H,4-5H2,1H3,(H,18,19). The SMILES string of the molecule is Cc1ccc(-c2cc(CCC(O)C(F)(F)F)[nH]n2)cc1[N+](=O)[O-]. The summed E-state index contributed by atoms with van der Waals surface area (Å²) >= 11 is 0. The van der Waals surface area contributed by atoms with Crippen molar-refractivity contribution in [3.8, 4) is 11.3 Å². The zero-order valence-corrected chi connectivity index (χ0v) is 12.1. The molecular formula is C14H14F3N3O3. The molecule has 0 aliphatic carbocycles. The van der Waals surface area contributed by atoms with E-state index in [1.807, 2.05) is 0 Å². The van der Waals surface area contributed by atoms with Crippen LogP contribution in [-0.2, 0) is 6.42 Å². The predicted octanol–water partition coefficient (Wildman–Crippen LogP) is 3.15. The van der Waals surface area contributed by atoms with Gasteiger partial charge in [-0.25, -0.2) is 0 Å². The van der Waals surface area contributed by atoms with Gasteiger partial charge in [0.05, 0.1) is 10.6 Å². The van der Waals surface area contributed by atoms with E-state index in [1.165, 1.54) is 12.1 Å². The summed E-state index contributed by atoms with van der Waals surface area (Å²) in [7, 11) is 0. The summed E-state index contributed by atoms with van der Waals surface area (Å²) in [5.41, 5.74) is 1.74. The Hall–Kier alpha value is -2.42. The van der Waals surface area contributed by atoms with E-state index in [0.717, 1.165) is 0 Å². The van der Waals surface area contributed by atoms with E-state index >= 15 is 0 Å². The number of aromatic amines is 1. The molecule has 0 saturated heterocycles. The molecule has 124 valence electrons. The molecular weight excluding hydrogens is 315 g/mol. The largest absolute Gasteiger partial charge is 0.414 e. The second-order valence-electron chi connectivity index (χ2n) is 5.13. The van der Waals surface area contributed by atoms with Gasteiger partial charge in [-0.2, -0.15) is 18.3 Å². The lowest BCUT2D eigenvalue weighted by Gasteiger charge is -2.13. The molecule has 0 amide bonds. The van der Waals surface area contributed by atoms with Crippen LogP contribution in [0, 0.1) is 17.0 Å². The van der Waals surface area contributed by atoms with Crippen LogP contribution in [0.2, 0.25) is 0 Å². The first-order valence-electron chi connectivity index (χ1n) is 6.73. The molecule has 0 bridgehead atoms. The number of nitrogens with zero attached hydrogens (tertiary/aromatic N) is 2. The van der Waals surface area contributed by atoms with Gasteiger partial charge < -0.3 is 5.11 Å². The monoisotopic (exact) mass is 329 g/mol. The number of aliphatic hydroxyl groups excluding tert-OH is 1. The summed E-state index contributed by atoms with van der Waals surface area (Å²) in [4.78, 5) is 10.4. The van der Waals surface area contributed by atoms with Crippen LogP contribution < -0.4 is 0 Å². The van der Waals surface area contributed by atoms with E-state index in [9.17, 15) is 23.3 Å². The van der Waals surface area contributed by atoms with Crippen molar-refractivity contribution in [1.82, 2.24) is 10.2 Å². The number of benzene rings is 1. The number of nitro benzene ring substituents is 1. The topological polar surface area (TPSA) is 92.0 Å². The van der Waals surface area contributed by atoms with Gasteiger partial charge >= 0.3 is 6.18 Å². The van der Waals surface area contributed by atoms with Crippen LogP contribution >= 0.6 is 0 Å². The molecule has 0 aliphatic heterocycles. The average Bonchev–Trinajstić information content (AvgIpc) is 2.92. The van der Waals surface area contributed by atoms with Crippen LogP contribution in [0.4, 0.5) is 18.9 Å². The number of aromatic nitrogens is 2. The van der Waals surface area contributed by atoms with Crippen molar-refractivity contribution in [2.24, 2.45) is 0 Å². The zero-order valence-electron chi connectivity index (χ0n) is 12.1. The summed E-state index contributed by atoms with van der Waals surface area (Å²) in [5, 5.41) is 26.4. The van der Waals surface area contributed by atoms with Crippen LogP contribution in [0.25, 0.3) is 11.3 Å².